The number of nitrogens with one attached hydrogen (secondary N) is 1. The zero-order valence-electron chi connectivity index (χ0n) is 24.4. The van der Waals surface area contributed by atoms with Crippen molar-refractivity contribution in [2.75, 3.05) is 57.4 Å². The van der Waals surface area contributed by atoms with E-state index in [1.54, 1.807) is 23.9 Å². The molecule has 8 nitrogen and oxygen atoms in total. The van der Waals surface area contributed by atoms with Crippen molar-refractivity contribution in [2.45, 2.75) is 57.6 Å². The number of rotatable bonds is 11. The number of anilines is 1. The van der Waals surface area contributed by atoms with Crippen LogP contribution in [-0.4, -0.2) is 78.8 Å². The summed E-state index contributed by atoms with van der Waals surface area (Å²) >= 11 is 1.56. The molecule has 1 aliphatic heterocycles. The Morgan fingerprint density at radius 1 is 1.00 bits per heavy atom. The smallest absolute Gasteiger partial charge is 0.341 e. The number of hydrogen-bond acceptors (Lipinski definition) is 8. The number of aromatic nitrogens is 1. The maximum absolute atomic E-state index is 13.1. The van der Waals surface area contributed by atoms with E-state index in [4.69, 9.17) is 9.15 Å². The fraction of sp³-hybridized carbons (Fsp3) is 0.516. The van der Waals surface area contributed by atoms with Crippen LogP contribution in [0.3, 0.4) is 0 Å². The highest BCUT2D eigenvalue weighted by atomic mass is 32.2. The molecule has 2 aromatic carbocycles. The molecule has 0 saturated carbocycles. The topological polar surface area (TPSA) is 87.9 Å². The van der Waals surface area contributed by atoms with Gasteiger partial charge in [-0.15, -0.1) is 0 Å². The lowest BCUT2D eigenvalue weighted by atomic mass is 9.92. The molecule has 216 valence electrons. The van der Waals surface area contributed by atoms with Gasteiger partial charge in [0.1, 0.15) is 11.1 Å². The summed E-state index contributed by atoms with van der Waals surface area (Å²) in [6, 6.07) is 11.6. The Kier molecular flexibility index (Phi) is 10.6. The number of thioether (sulfide) groups is 1. The average molecular weight is 567 g/mol. The number of ether oxygens (including phenoxy) is 1. The molecule has 0 bridgehead atoms. The molecule has 0 spiro atoms. The Morgan fingerprint density at radius 3 is 2.38 bits per heavy atom. The van der Waals surface area contributed by atoms with Crippen LogP contribution in [-0.2, 0) is 9.53 Å². The Balaban J connectivity index is 1.23. The quantitative estimate of drug-likeness (QED) is 0.172. The fourth-order valence-corrected chi connectivity index (χ4v) is 5.95. The van der Waals surface area contributed by atoms with Crippen LogP contribution in [0.25, 0.3) is 11.1 Å². The van der Waals surface area contributed by atoms with Gasteiger partial charge in [-0.1, -0.05) is 63.7 Å². The van der Waals surface area contributed by atoms with Gasteiger partial charge in [0.25, 0.3) is 5.22 Å². The van der Waals surface area contributed by atoms with Gasteiger partial charge >= 0.3 is 5.97 Å². The number of nitrogens with zero attached hydrogens (tertiary/aromatic N) is 3. The molecule has 1 aliphatic rings. The number of benzene rings is 2. The number of carbonyl (C=O) groups excluding carboxylic acids is 2. The second kappa shape index (κ2) is 14.1. The van der Waals surface area contributed by atoms with Crippen LogP contribution in [0.1, 0.15) is 73.9 Å². The van der Waals surface area contributed by atoms with Crippen LogP contribution in [0, 0.1) is 0 Å². The van der Waals surface area contributed by atoms with Crippen LogP contribution >= 0.6 is 11.8 Å². The first-order valence-electron chi connectivity index (χ1n) is 14.2. The normalized spacial score (nSPS) is 15.1. The first-order valence-corrected chi connectivity index (χ1v) is 15.2. The molecule has 1 aromatic heterocycles. The number of oxazole rings is 1. The number of esters is 1. The summed E-state index contributed by atoms with van der Waals surface area (Å²) in [6.07, 6.45) is 2.04. The highest BCUT2D eigenvalue weighted by molar-refractivity contribution is 7.99. The number of methoxy groups -OCH3 is 1. The van der Waals surface area contributed by atoms with Crippen molar-refractivity contribution in [2.24, 2.45) is 0 Å². The highest BCUT2D eigenvalue weighted by Crippen LogP contribution is 2.32. The van der Waals surface area contributed by atoms with Gasteiger partial charge in [0.15, 0.2) is 5.58 Å². The van der Waals surface area contributed by atoms with Crippen LogP contribution < -0.4 is 5.32 Å². The minimum absolute atomic E-state index is 0.0635. The molecular formula is C31H42N4O4S. The van der Waals surface area contributed by atoms with E-state index in [-0.39, 0.29) is 5.91 Å². The standard InChI is InChI=1S/C31H42N4O4S/c1-21(2)23-10-6-11-24(22(3)4)28(23)33-27(36)20-35-15-8-14-34(17-18-35)16-9-19-40-31-32-26-13-7-12-25(29(26)39-31)30(37)38-5/h6-7,10-13,21-22H,8-9,14-20H2,1-5H3,(H,33,36). The van der Waals surface area contributed by atoms with Crippen LogP contribution in [0.4, 0.5) is 5.69 Å². The summed E-state index contributed by atoms with van der Waals surface area (Å²) in [6.45, 7) is 13.9. The Hall–Kier alpha value is -2.88. The molecule has 1 N–H and O–H groups in total. The summed E-state index contributed by atoms with van der Waals surface area (Å²) in [5.41, 5.74) is 4.91. The van der Waals surface area contributed by atoms with Crippen molar-refractivity contribution >= 4 is 40.4 Å². The van der Waals surface area contributed by atoms with Gasteiger partial charge < -0.3 is 19.4 Å². The summed E-state index contributed by atoms with van der Waals surface area (Å²) in [4.78, 5) is 34.4. The molecule has 2 heterocycles. The third-order valence-corrected chi connectivity index (χ3v) is 8.24. The maximum atomic E-state index is 13.1. The lowest BCUT2D eigenvalue weighted by molar-refractivity contribution is -0.117. The lowest BCUT2D eigenvalue weighted by Crippen LogP contribution is -2.37. The van der Waals surface area contributed by atoms with E-state index in [0.29, 0.717) is 40.3 Å². The molecule has 4 rings (SSSR count). The van der Waals surface area contributed by atoms with Crippen LogP contribution in [0.5, 0.6) is 0 Å². The van der Waals surface area contributed by atoms with Gasteiger partial charge in [0.05, 0.1) is 13.7 Å². The van der Waals surface area contributed by atoms with Gasteiger partial charge in [-0.3, -0.25) is 9.69 Å². The molecule has 9 heteroatoms. The second-order valence-corrected chi connectivity index (χ2v) is 12.0. The van der Waals surface area contributed by atoms with E-state index in [0.717, 1.165) is 57.0 Å². The largest absolute Gasteiger partial charge is 0.465 e. The summed E-state index contributed by atoms with van der Waals surface area (Å²) in [5.74, 6) is 1.20. The van der Waals surface area contributed by atoms with E-state index < -0.39 is 5.97 Å². The molecule has 40 heavy (non-hydrogen) atoms. The fourth-order valence-electron chi connectivity index (χ4n) is 5.19. The van der Waals surface area contributed by atoms with Crippen LogP contribution in [0.2, 0.25) is 0 Å². The first-order chi connectivity index (χ1) is 19.3. The third-order valence-electron chi connectivity index (χ3n) is 7.33. The second-order valence-electron chi connectivity index (χ2n) is 11.0. The minimum atomic E-state index is -0.424. The zero-order valence-corrected chi connectivity index (χ0v) is 25.2. The lowest BCUT2D eigenvalue weighted by Gasteiger charge is -2.23. The predicted octanol–water partition coefficient (Wildman–Crippen LogP) is 5.99. The summed E-state index contributed by atoms with van der Waals surface area (Å²) < 4.78 is 10.7. The summed E-state index contributed by atoms with van der Waals surface area (Å²) in [7, 11) is 1.36. The Labute approximate surface area is 241 Å². The van der Waals surface area contributed by atoms with E-state index >= 15 is 0 Å². The van der Waals surface area contributed by atoms with E-state index in [1.807, 2.05) is 6.07 Å². The molecule has 0 aliphatic carbocycles. The Morgan fingerprint density at radius 2 is 1.68 bits per heavy atom. The molecule has 3 aromatic rings. The van der Waals surface area contributed by atoms with Crippen LogP contribution in [0.15, 0.2) is 46.0 Å². The minimum Gasteiger partial charge on any atom is -0.465 e. The van der Waals surface area contributed by atoms with Gasteiger partial charge in [0.2, 0.25) is 5.91 Å². The maximum Gasteiger partial charge on any atom is 0.341 e. The number of fused-ring (bicyclic) bond motifs is 1. The van der Waals surface area contributed by atoms with Crippen molar-refractivity contribution in [3.8, 4) is 0 Å². The zero-order chi connectivity index (χ0) is 28.6. The van der Waals surface area contributed by atoms with Crippen molar-refractivity contribution in [3.05, 3.63) is 53.1 Å². The molecule has 0 radical (unpaired) electrons. The van der Waals surface area contributed by atoms with E-state index in [2.05, 4.69) is 66.0 Å². The van der Waals surface area contributed by atoms with Gasteiger partial charge in [-0.25, -0.2) is 9.78 Å². The average Bonchev–Trinajstić information content (AvgIpc) is 3.23. The number of para-hydroxylation sites is 2. The summed E-state index contributed by atoms with van der Waals surface area (Å²) in [5, 5.41) is 3.83. The number of carbonyl (C=O) groups is 2. The molecular weight excluding hydrogens is 524 g/mol. The van der Waals surface area contributed by atoms with E-state index in [1.165, 1.54) is 18.2 Å². The predicted molar refractivity (Wildman–Crippen MR) is 161 cm³/mol. The van der Waals surface area contributed by atoms with Crippen molar-refractivity contribution < 1.29 is 18.7 Å². The SMILES string of the molecule is COC(=O)c1cccc2nc(SCCCN3CCCN(CC(=O)Nc4c(C(C)C)cccc4C(C)C)CC3)oc12. The molecule has 1 amide bonds. The Bertz CT molecular complexity index is 1280. The van der Waals surface area contributed by atoms with Gasteiger partial charge in [-0.05, 0) is 67.6 Å². The first kappa shape index (κ1) is 30.1. The molecule has 0 atom stereocenters. The highest BCUT2D eigenvalue weighted by Gasteiger charge is 2.20. The van der Waals surface area contributed by atoms with Crippen molar-refractivity contribution in [3.63, 3.8) is 0 Å². The molecule has 0 unspecified atom stereocenters. The monoisotopic (exact) mass is 566 g/mol. The third kappa shape index (κ3) is 7.65. The number of amides is 1. The van der Waals surface area contributed by atoms with Crippen molar-refractivity contribution in [1.29, 1.82) is 0 Å². The van der Waals surface area contributed by atoms with Crippen molar-refractivity contribution in [1.82, 2.24) is 14.8 Å². The molecule has 1 saturated heterocycles. The van der Waals surface area contributed by atoms with E-state index in [9.17, 15) is 9.59 Å². The molecule has 1 fully saturated rings. The number of hydrogen-bond donors (Lipinski definition) is 1. The van der Waals surface area contributed by atoms with Gasteiger partial charge in [-0.2, -0.15) is 0 Å². The van der Waals surface area contributed by atoms with Gasteiger partial charge in [0, 0.05) is 24.5 Å².